The Balaban J connectivity index is 1.76. The summed E-state index contributed by atoms with van der Waals surface area (Å²) in [5, 5.41) is 3.13. The Hall–Kier alpha value is -3.33. The number of anilines is 2. The molecule has 8 nitrogen and oxygen atoms in total. The van der Waals surface area contributed by atoms with Gasteiger partial charge in [-0.1, -0.05) is 12.1 Å². The number of furan rings is 1. The maximum atomic E-state index is 12.9. The number of benzene rings is 2. The molecule has 2 heterocycles. The Labute approximate surface area is 154 Å². The molecular formula is C18H15N3O5S. The van der Waals surface area contributed by atoms with E-state index in [-0.39, 0.29) is 22.3 Å². The summed E-state index contributed by atoms with van der Waals surface area (Å²) in [6.07, 6.45) is 0.744. The number of carbonyl (C=O) groups excluding carboxylic acids is 2. The molecule has 0 spiro atoms. The van der Waals surface area contributed by atoms with E-state index in [0.717, 1.165) is 5.56 Å². The van der Waals surface area contributed by atoms with Crippen LogP contribution < -0.4 is 15.8 Å². The molecule has 1 aliphatic heterocycles. The number of aryl methyl sites for hydroxylation is 1. The van der Waals surface area contributed by atoms with Gasteiger partial charge in [0.25, 0.3) is 15.9 Å². The number of nitrogens with two attached hydrogens (primary N) is 1. The zero-order valence-electron chi connectivity index (χ0n) is 14.0. The molecule has 9 heteroatoms. The fraction of sp³-hybridized carbons (Fsp3) is 0.111. The second kappa shape index (κ2) is 6.13. The van der Waals surface area contributed by atoms with E-state index < -0.39 is 15.9 Å². The lowest BCUT2D eigenvalue weighted by Gasteiger charge is -2.17. The average molecular weight is 385 g/mol. The fourth-order valence-corrected chi connectivity index (χ4v) is 4.17. The lowest BCUT2D eigenvalue weighted by Crippen LogP contribution is -2.20. The number of hydrogen-bond donors (Lipinski definition) is 3. The van der Waals surface area contributed by atoms with Crippen LogP contribution in [0.3, 0.4) is 0 Å². The van der Waals surface area contributed by atoms with E-state index in [1.807, 2.05) is 0 Å². The number of primary amides is 1. The molecule has 0 saturated carbocycles. The van der Waals surface area contributed by atoms with Gasteiger partial charge in [0.15, 0.2) is 0 Å². The van der Waals surface area contributed by atoms with E-state index in [9.17, 15) is 18.0 Å². The summed E-state index contributed by atoms with van der Waals surface area (Å²) in [4.78, 5) is 23.2. The lowest BCUT2D eigenvalue weighted by atomic mass is 10.0. The average Bonchev–Trinajstić information content (AvgIpc) is 2.99. The van der Waals surface area contributed by atoms with Gasteiger partial charge >= 0.3 is 0 Å². The SMILES string of the molecule is NC(=O)c1oc2ccccc2c1NS(=O)(=O)c1ccc2c(c1)CCC(=O)N2. The maximum Gasteiger partial charge on any atom is 0.286 e. The Morgan fingerprint density at radius 1 is 1.15 bits per heavy atom. The van der Waals surface area contributed by atoms with Gasteiger partial charge in [-0.15, -0.1) is 0 Å². The van der Waals surface area contributed by atoms with Crippen LogP contribution >= 0.6 is 0 Å². The molecule has 1 aliphatic rings. The quantitative estimate of drug-likeness (QED) is 0.634. The van der Waals surface area contributed by atoms with Gasteiger partial charge in [0.2, 0.25) is 11.7 Å². The van der Waals surface area contributed by atoms with Gasteiger partial charge in [0.05, 0.1) is 4.90 Å². The fourth-order valence-electron chi connectivity index (χ4n) is 3.04. The summed E-state index contributed by atoms with van der Waals surface area (Å²) in [5.41, 5.74) is 7.00. The minimum absolute atomic E-state index is 0.00382. The molecule has 0 radical (unpaired) electrons. The molecular weight excluding hydrogens is 370 g/mol. The first-order valence-corrected chi connectivity index (χ1v) is 9.60. The first-order valence-electron chi connectivity index (χ1n) is 8.12. The molecule has 27 heavy (non-hydrogen) atoms. The van der Waals surface area contributed by atoms with Crippen LogP contribution in [0.2, 0.25) is 0 Å². The van der Waals surface area contributed by atoms with Crippen molar-refractivity contribution >= 4 is 44.2 Å². The van der Waals surface area contributed by atoms with Crippen LogP contribution in [-0.2, 0) is 21.2 Å². The predicted octanol–water partition coefficient (Wildman–Crippen LogP) is 2.22. The highest BCUT2D eigenvalue weighted by atomic mass is 32.2. The number of rotatable bonds is 4. The second-order valence-electron chi connectivity index (χ2n) is 6.14. The number of para-hydroxylation sites is 1. The molecule has 0 saturated heterocycles. The van der Waals surface area contributed by atoms with Gasteiger partial charge in [0.1, 0.15) is 11.3 Å². The molecule has 2 aromatic carbocycles. The molecule has 0 unspecified atom stereocenters. The Kier molecular flexibility index (Phi) is 3.88. The van der Waals surface area contributed by atoms with Crippen molar-refractivity contribution < 1.29 is 22.4 Å². The van der Waals surface area contributed by atoms with Gasteiger partial charge in [-0.3, -0.25) is 14.3 Å². The minimum Gasteiger partial charge on any atom is -0.449 e. The normalized spacial score (nSPS) is 13.9. The number of sulfonamides is 1. The van der Waals surface area contributed by atoms with E-state index in [4.69, 9.17) is 10.2 Å². The summed E-state index contributed by atoms with van der Waals surface area (Å²) < 4.78 is 33.6. The van der Waals surface area contributed by atoms with E-state index in [2.05, 4.69) is 10.0 Å². The number of carbonyl (C=O) groups is 2. The highest BCUT2D eigenvalue weighted by molar-refractivity contribution is 7.92. The molecule has 138 valence electrons. The molecule has 2 amide bonds. The predicted molar refractivity (Wildman–Crippen MR) is 98.9 cm³/mol. The molecule has 0 fully saturated rings. The van der Waals surface area contributed by atoms with Crippen LogP contribution in [0.25, 0.3) is 11.0 Å². The molecule has 3 aromatic rings. The highest BCUT2D eigenvalue weighted by Crippen LogP contribution is 2.33. The molecule has 0 atom stereocenters. The van der Waals surface area contributed by atoms with Crippen molar-refractivity contribution in [1.82, 2.24) is 0 Å². The van der Waals surface area contributed by atoms with Crippen LogP contribution in [-0.4, -0.2) is 20.2 Å². The van der Waals surface area contributed by atoms with Crippen LogP contribution in [0.4, 0.5) is 11.4 Å². The zero-order chi connectivity index (χ0) is 19.2. The van der Waals surface area contributed by atoms with E-state index >= 15 is 0 Å². The van der Waals surface area contributed by atoms with Crippen molar-refractivity contribution in [2.45, 2.75) is 17.7 Å². The van der Waals surface area contributed by atoms with Crippen molar-refractivity contribution in [3.05, 3.63) is 53.8 Å². The van der Waals surface area contributed by atoms with E-state index in [0.29, 0.717) is 29.5 Å². The van der Waals surface area contributed by atoms with Gasteiger partial charge < -0.3 is 15.5 Å². The topological polar surface area (TPSA) is 132 Å². The first-order chi connectivity index (χ1) is 12.8. The van der Waals surface area contributed by atoms with Crippen molar-refractivity contribution in [2.75, 3.05) is 10.0 Å². The molecule has 1 aromatic heterocycles. The maximum absolute atomic E-state index is 12.9. The van der Waals surface area contributed by atoms with E-state index in [1.54, 1.807) is 30.3 Å². The van der Waals surface area contributed by atoms with Crippen molar-refractivity contribution in [2.24, 2.45) is 5.73 Å². The summed E-state index contributed by atoms with van der Waals surface area (Å²) in [7, 11) is -4.01. The van der Waals surface area contributed by atoms with Crippen LogP contribution in [0.15, 0.2) is 51.8 Å². The van der Waals surface area contributed by atoms with Gasteiger partial charge in [-0.05, 0) is 42.3 Å². The molecule has 4 N–H and O–H groups in total. The monoisotopic (exact) mass is 385 g/mol. The van der Waals surface area contributed by atoms with E-state index in [1.165, 1.54) is 12.1 Å². The third-order valence-electron chi connectivity index (χ3n) is 4.34. The van der Waals surface area contributed by atoms with Crippen molar-refractivity contribution in [1.29, 1.82) is 0 Å². The number of nitrogens with one attached hydrogen (secondary N) is 2. The largest absolute Gasteiger partial charge is 0.449 e. The first kappa shape index (κ1) is 17.1. The summed E-state index contributed by atoms with van der Waals surface area (Å²) in [6, 6.07) is 11.1. The van der Waals surface area contributed by atoms with Gasteiger partial charge in [-0.2, -0.15) is 0 Å². The second-order valence-corrected chi connectivity index (χ2v) is 7.82. The Morgan fingerprint density at radius 2 is 1.93 bits per heavy atom. The number of amides is 2. The standard InChI is InChI=1S/C18H15N3O5S/c19-18(23)17-16(12-3-1-2-4-14(12)26-17)21-27(24,25)11-6-7-13-10(9-11)5-8-15(22)20-13/h1-4,6-7,9,21H,5,8H2,(H2,19,23)(H,20,22). The third kappa shape index (κ3) is 3.02. The Bertz CT molecular complexity index is 1200. The number of hydrogen-bond acceptors (Lipinski definition) is 5. The van der Waals surface area contributed by atoms with Crippen molar-refractivity contribution in [3.8, 4) is 0 Å². The number of fused-ring (bicyclic) bond motifs is 2. The summed E-state index contributed by atoms with van der Waals surface area (Å²) in [5.74, 6) is -1.24. The highest BCUT2D eigenvalue weighted by Gasteiger charge is 2.25. The minimum atomic E-state index is -4.01. The third-order valence-corrected chi connectivity index (χ3v) is 5.69. The van der Waals surface area contributed by atoms with Crippen LogP contribution in [0.1, 0.15) is 22.5 Å². The molecule has 0 aliphatic carbocycles. The molecule has 4 rings (SSSR count). The Morgan fingerprint density at radius 3 is 2.70 bits per heavy atom. The van der Waals surface area contributed by atoms with Crippen LogP contribution in [0, 0.1) is 0 Å². The lowest BCUT2D eigenvalue weighted by molar-refractivity contribution is -0.116. The summed E-state index contributed by atoms with van der Waals surface area (Å²) in [6.45, 7) is 0. The van der Waals surface area contributed by atoms with Gasteiger partial charge in [0, 0.05) is 17.5 Å². The van der Waals surface area contributed by atoms with Gasteiger partial charge in [-0.25, -0.2) is 8.42 Å². The molecule has 0 bridgehead atoms. The van der Waals surface area contributed by atoms with Crippen molar-refractivity contribution in [3.63, 3.8) is 0 Å². The smallest absolute Gasteiger partial charge is 0.286 e. The summed E-state index contributed by atoms with van der Waals surface area (Å²) >= 11 is 0. The van der Waals surface area contributed by atoms with Crippen LogP contribution in [0.5, 0.6) is 0 Å². The zero-order valence-corrected chi connectivity index (χ0v) is 14.8.